The highest BCUT2D eigenvalue weighted by atomic mass is 15.0. The second-order valence-electron chi connectivity index (χ2n) is 2.77. The van der Waals surface area contributed by atoms with Crippen LogP contribution in [-0.2, 0) is 0 Å². The van der Waals surface area contributed by atoms with Gasteiger partial charge in [-0.3, -0.25) is 4.99 Å². The van der Waals surface area contributed by atoms with Gasteiger partial charge in [-0.1, -0.05) is 5.73 Å². The van der Waals surface area contributed by atoms with Gasteiger partial charge in [-0.05, 0) is 26.5 Å². The summed E-state index contributed by atoms with van der Waals surface area (Å²) in [5.41, 5.74) is 6.75. The van der Waals surface area contributed by atoms with Crippen molar-refractivity contribution in [1.82, 2.24) is 5.32 Å². The van der Waals surface area contributed by atoms with Crippen LogP contribution < -0.4 is 5.32 Å². The standard InChI is InChI=1S/C9H12N2/c1-7(2)10-9-6-4-5-8(3)11-9/h6-7H,1-3H3,(H,10,11). The molecule has 0 unspecified atom stereocenters. The molecular weight excluding hydrogens is 136 g/mol. The number of allylic oxidation sites excluding steroid dienone is 1. The van der Waals surface area contributed by atoms with E-state index in [-0.39, 0.29) is 0 Å². The molecule has 1 aliphatic rings. The Morgan fingerprint density at radius 2 is 2.27 bits per heavy atom. The zero-order valence-corrected chi connectivity index (χ0v) is 7.10. The Morgan fingerprint density at radius 1 is 1.55 bits per heavy atom. The molecule has 2 nitrogen and oxygen atoms in total. The van der Waals surface area contributed by atoms with Gasteiger partial charge in [0.2, 0.25) is 0 Å². The van der Waals surface area contributed by atoms with Gasteiger partial charge in [-0.25, -0.2) is 0 Å². The average Bonchev–Trinajstić information content (AvgIpc) is 1.85. The van der Waals surface area contributed by atoms with Crippen molar-refractivity contribution in [2.45, 2.75) is 26.8 Å². The SMILES string of the molecule is CC1=C=C=CC(=NC(C)C)N1. The molecule has 0 radical (unpaired) electrons. The molecule has 2 heteroatoms. The maximum absolute atomic E-state index is 4.31. The first-order valence-corrected chi connectivity index (χ1v) is 3.71. The van der Waals surface area contributed by atoms with Gasteiger partial charge in [0.15, 0.2) is 0 Å². The second kappa shape index (κ2) is 3.25. The van der Waals surface area contributed by atoms with Crippen LogP contribution in [-0.4, -0.2) is 11.9 Å². The Labute approximate surface area is 67.0 Å². The summed E-state index contributed by atoms with van der Waals surface area (Å²) in [7, 11) is 0. The zero-order valence-electron chi connectivity index (χ0n) is 7.10. The van der Waals surface area contributed by atoms with E-state index >= 15 is 0 Å². The van der Waals surface area contributed by atoms with Crippen LogP contribution in [0.4, 0.5) is 0 Å². The summed E-state index contributed by atoms with van der Waals surface area (Å²) in [5.74, 6) is 0.872. The summed E-state index contributed by atoms with van der Waals surface area (Å²) in [4.78, 5) is 4.31. The molecular formula is C9H12N2. The van der Waals surface area contributed by atoms with Crippen LogP contribution in [0.1, 0.15) is 20.8 Å². The van der Waals surface area contributed by atoms with E-state index in [4.69, 9.17) is 0 Å². The molecule has 0 spiro atoms. The smallest absolute Gasteiger partial charge is 0.134 e. The first kappa shape index (κ1) is 7.87. The van der Waals surface area contributed by atoms with Gasteiger partial charge >= 0.3 is 0 Å². The number of nitrogens with one attached hydrogen (secondary N) is 1. The molecule has 0 saturated heterocycles. The van der Waals surface area contributed by atoms with Crippen LogP contribution in [0.15, 0.2) is 28.2 Å². The third-order valence-corrected chi connectivity index (χ3v) is 1.18. The number of hydrogen-bond acceptors (Lipinski definition) is 1. The molecule has 0 fully saturated rings. The minimum absolute atomic E-state index is 0.321. The number of hydrogen-bond donors (Lipinski definition) is 1. The van der Waals surface area contributed by atoms with E-state index < -0.39 is 0 Å². The maximum Gasteiger partial charge on any atom is 0.134 e. The first-order valence-electron chi connectivity index (χ1n) is 3.71. The van der Waals surface area contributed by atoms with Gasteiger partial charge in [-0.15, -0.1) is 0 Å². The van der Waals surface area contributed by atoms with Gasteiger partial charge < -0.3 is 5.32 Å². The summed E-state index contributed by atoms with van der Waals surface area (Å²) in [6.07, 6.45) is 1.80. The van der Waals surface area contributed by atoms with E-state index in [2.05, 4.69) is 21.8 Å². The molecule has 0 aliphatic carbocycles. The molecule has 1 heterocycles. The molecule has 0 atom stereocenters. The lowest BCUT2D eigenvalue weighted by molar-refractivity contribution is 0.827. The third-order valence-electron chi connectivity index (χ3n) is 1.18. The second-order valence-corrected chi connectivity index (χ2v) is 2.77. The van der Waals surface area contributed by atoms with E-state index in [1.165, 1.54) is 0 Å². The summed E-state index contributed by atoms with van der Waals surface area (Å²) in [6, 6.07) is 0.321. The van der Waals surface area contributed by atoms with Crippen LogP contribution in [0, 0.1) is 0 Å². The lowest BCUT2D eigenvalue weighted by atomic mass is 10.3. The minimum Gasteiger partial charge on any atom is -0.337 e. The number of rotatable bonds is 1. The highest BCUT2D eigenvalue weighted by molar-refractivity contribution is 5.94. The summed E-state index contributed by atoms with van der Waals surface area (Å²) < 4.78 is 0. The maximum atomic E-state index is 4.31. The van der Waals surface area contributed by atoms with Crippen molar-refractivity contribution >= 4 is 5.84 Å². The first-order chi connectivity index (χ1) is 5.18. The molecule has 0 saturated carbocycles. The molecule has 1 rings (SSSR count). The van der Waals surface area contributed by atoms with Crippen molar-refractivity contribution in [3.8, 4) is 0 Å². The third kappa shape index (κ3) is 2.46. The van der Waals surface area contributed by atoms with Crippen molar-refractivity contribution in [3.63, 3.8) is 0 Å². The quantitative estimate of drug-likeness (QED) is 0.561. The fourth-order valence-electron chi connectivity index (χ4n) is 0.820. The van der Waals surface area contributed by atoms with Crippen molar-refractivity contribution < 1.29 is 0 Å². The van der Waals surface area contributed by atoms with E-state index in [1.54, 1.807) is 6.08 Å². The van der Waals surface area contributed by atoms with Crippen molar-refractivity contribution in [2.24, 2.45) is 4.99 Å². The Kier molecular flexibility index (Phi) is 2.32. The molecule has 0 aromatic carbocycles. The number of aliphatic imine (C=N–C) groups is 1. The van der Waals surface area contributed by atoms with Crippen LogP contribution in [0.25, 0.3) is 0 Å². The van der Waals surface area contributed by atoms with E-state index in [1.807, 2.05) is 20.8 Å². The molecule has 0 aromatic rings. The summed E-state index contributed by atoms with van der Waals surface area (Å²) >= 11 is 0. The molecule has 0 aromatic heterocycles. The number of amidine groups is 1. The lowest BCUT2D eigenvalue weighted by Crippen LogP contribution is -2.21. The molecule has 1 aliphatic heterocycles. The van der Waals surface area contributed by atoms with Crippen LogP contribution >= 0.6 is 0 Å². The lowest BCUT2D eigenvalue weighted by Gasteiger charge is -2.06. The Hall–Kier alpha value is -1.23. The molecule has 0 amide bonds. The predicted molar refractivity (Wildman–Crippen MR) is 46.5 cm³/mol. The van der Waals surface area contributed by atoms with E-state index in [0.29, 0.717) is 6.04 Å². The van der Waals surface area contributed by atoms with E-state index in [0.717, 1.165) is 11.5 Å². The minimum atomic E-state index is 0.321. The highest BCUT2D eigenvalue weighted by Crippen LogP contribution is 1.93. The zero-order chi connectivity index (χ0) is 8.27. The van der Waals surface area contributed by atoms with Crippen molar-refractivity contribution in [1.29, 1.82) is 0 Å². The number of nitrogens with zero attached hydrogens (tertiary/aromatic N) is 1. The van der Waals surface area contributed by atoms with Crippen molar-refractivity contribution in [2.75, 3.05) is 0 Å². The van der Waals surface area contributed by atoms with Crippen molar-refractivity contribution in [3.05, 3.63) is 23.2 Å². The molecule has 11 heavy (non-hydrogen) atoms. The monoisotopic (exact) mass is 148 g/mol. The predicted octanol–water partition coefficient (Wildman–Crippen LogP) is 1.61. The molecule has 0 bridgehead atoms. The normalized spacial score (nSPS) is 18.9. The molecule has 58 valence electrons. The molecule has 1 N–H and O–H groups in total. The topological polar surface area (TPSA) is 24.4 Å². The van der Waals surface area contributed by atoms with Gasteiger partial charge in [0, 0.05) is 12.1 Å². The Bertz CT molecular complexity index is 272. The summed E-state index contributed by atoms with van der Waals surface area (Å²) in [6.45, 7) is 6.02. The van der Waals surface area contributed by atoms with Gasteiger partial charge in [-0.2, -0.15) is 0 Å². The fourth-order valence-corrected chi connectivity index (χ4v) is 0.820. The van der Waals surface area contributed by atoms with Gasteiger partial charge in [0.05, 0.1) is 5.70 Å². The largest absolute Gasteiger partial charge is 0.337 e. The average molecular weight is 148 g/mol. The summed E-state index contributed by atoms with van der Waals surface area (Å²) in [5, 5.41) is 3.09. The van der Waals surface area contributed by atoms with Crippen LogP contribution in [0.3, 0.4) is 0 Å². The van der Waals surface area contributed by atoms with Gasteiger partial charge in [0.25, 0.3) is 0 Å². The Morgan fingerprint density at radius 3 is 2.82 bits per heavy atom. The van der Waals surface area contributed by atoms with Gasteiger partial charge in [0.1, 0.15) is 5.84 Å². The fraction of sp³-hybridized carbons (Fsp3) is 0.444. The Balaban J connectivity index is 2.79. The van der Waals surface area contributed by atoms with E-state index in [9.17, 15) is 0 Å². The highest BCUT2D eigenvalue weighted by Gasteiger charge is 1.97. The van der Waals surface area contributed by atoms with Crippen LogP contribution in [0.5, 0.6) is 0 Å². The van der Waals surface area contributed by atoms with Crippen LogP contribution in [0.2, 0.25) is 0 Å².